The van der Waals surface area contributed by atoms with Gasteiger partial charge >= 0.3 is 6.09 Å². The zero-order valence-corrected chi connectivity index (χ0v) is 22.1. The van der Waals surface area contributed by atoms with Crippen molar-refractivity contribution in [3.8, 4) is 5.75 Å². The molecule has 1 rings (SSSR count). The highest BCUT2D eigenvalue weighted by Gasteiger charge is 2.25. The maximum Gasteiger partial charge on any atom is 0.408 e. The fourth-order valence-electron chi connectivity index (χ4n) is 3.65. The summed E-state index contributed by atoms with van der Waals surface area (Å²) < 4.78 is 16.6. The average molecular weight is 464 g/mol. The third-order valence-corrected chi connectivity index (χ3v) is 5.47. The van der Waals surface area contributed by atoms with Crippen LogP contribution in [0, 0.1) is 11.8 Å². The Morgan fingerprint density at radius 3 is 2.27 bits per heavy atom. The third-order valence-electron chi connectivity index (χ3n) is 5.47. The van der Waals surface area contributed by atoms with E-state index in [1.165, 1.54) is 5.56 Å². The van der Waals surface area contributed by atoms with Crippen LogP contribution in [0.25, 0.3) is 0 Å². The molecule has 0 heterocycles. The molecule has 0 aliphatic heterocycles. The lowest BCUT2D eigenvalue weighted by Crippen LogP contribution is -2.41. The molecule has 6 nitrogen and oxygen atoms in total. The van der Waals surface area contributed by atoms with Crippen LogP contribution in [-0.4, -0.2) is 44.3 Å². The molecule has 33 heavy (non-hydrogen) atoms. The quantitative estimate of drug-likeness (QED) is 0.318. The smallest absolute Gasteiger partial charge is 0.408 e. The minimum Gasteiger partial charge on any atom is -0.493 e. The van der Waals surface area contributed by atoms with Gasteiger partial charge in [0.15, 0.2) is 0 Å². The molecule has 6 heteroatoms. The van der Waals surface area contributed by atoms with Crippen LogP contribution in [0.2, 0.25) is 0 Å². The Balaban J connectivity index is 2.98. The van der Waals surface area contributed by atoms with Crippen molar-refractivity contribution in [3.05, 3.63) is 29.3 Å². The van der Waals surface area contributed by atoms with Gasteiger partial charge in [0.05, 0.1) is 12.6 Å². The highest BCUT2D eigenvalue weighted by molar-refractivity contribution is 5.73. The van der Waals surface area contributed by atoms with Crippen molar-refractivity contribution in [2.45, 2.75) is 91.7 Å². The number of alkyl carbamates (subject to hydrolysis) is 1. The van der Waals surface area contributed by atoms with Crippen LogP contribution in [0.3, 0.4) is 0 Å². The standard InChI is InChI=1S/C27H45NO5/c1-19(2)21(17-22(18-29)28-25(30)33-27(6,7)8)15-20-11-12-23(26(3,4)5)24(16-20)32-14-10-13-31-9/h11-12,16,18-19,21-22H,10,13-15,17H2,1-9H3,(H,28,30). The lowest BCUT2D eigenvalue weighted by Gasteiger charge is -2.27. The first-order chi connectivity index (χ1) is 15.3. The van der Waals surface area contributed by atoms with Gasteiger partial charge in [-0.2, -0.15) is 0 Å². The van der Waals surface area contributed by atoms with Gasteiger partial charge in [-0.25, -0.2) is 4.79 Å². The first kappa shape index (κ1) is 29.0. The highest BCUT2D eigenvalue weighted by atomic mass is 16.6. The number of aldehydes is 1. The van der Waals surface area contributed by atoms with Crippen LogP contribution in [0.15, 0.2) is 18.2 Å². The van der Waals surface area contributed by atoms with E-state index in [9.17, 15) is 9.59 Å². The third kappa shape index (κ3) is 11.1. The number of benzene rings is 1. The molecular formula is C27H45NO5. The van der Waals surface area contributed by atoms with E-state index in [2.05, 4.69) is 58.1 Å². The molecule has 2 atom stereocenters. The zero-order valence-electron chi connectivity index (χ0n) is 22.1. The summed E-state index contributed by atoms with van der Waals surface area (Å²) in [4.78, 5) is 23.8. The van der Waals surface area contributed by atoms with Crippen LogP contribution in [0.5, 0.6) is 5.75 Å². The number of ether oxygens (including phenoxy) is 3. The molecule has 1 aromatic carbocycles. The maximum absolute atomic E-state index is 12.1. The van der Waals surface area contributed by atoms with Crippen LogP contribution >= 0.6 is 0 Å². The lowest BCUT2D eigenvalue weighted by atomic mass is 9.82. The molecule has 0 radical (unpaired) electrons. The van der Waals surface area contributed by atoms with Crippen LogP contribution in [0.4, 0.5) is 4.79 Å². The number of hydrogen-bond donors (Lipinski definition) is 1. The summed E-state index contributed by atoms with van der Waals surface area (Å²) >= 11 is 0. The Kier molecular flexibility index (Phi) is 11.4. The second kappa shape index (κ2) is 13.0. The summed E-state index contributed by atoms with van der Waals surface area (Å²) in [6.07, 6.45) is 2.40. The van der Waals surface area contributed by atoms with E-state index in [0.717, 1.165) is 30.4 Å². The van der Waals surface area contributed by atoms with Gasteiger partial charge in [-0.15, -0.1) is 0 Å². The topological polar surface area (TPSA) is 73.9 Å². The van der Waals surface area contributed by atoms with Crippen LogP contribution in [-0.2, 0) is 26.1 Å². The second-order valence-electron chi connectivity index (χ2n) is 11.1. The van der Waals surface area contributed by atoms with Crippen molar-refractivity contribution in [2.24, 2.45) is 11.8 Å². The molecule has 1 amide bonds. The molecule has 1 N–H and O–H groups in total. The van der Waals surface area contributed by atoms with Crippen molar-refractivity contribution in [1.29, 1.82) is 0 Å². The number of methoxy groups -OCH3 is 1. The average Bonchev–Trinajstić information content (AvgIpc) is 2.67. The predicted molar refractivity (Wildman–Crippen MR) is 133 cm³/mol. The number of carbonyl (C=O) groups is 2. The fourth-order valence-corrected chi connectivity index (χ4v) is 3.65. The van der Waals surface area contributed by atoms with Gasteiger partial charge in [0.1, 0.15) is 17.6 Å². The van der Waals surface area contributed by atoms with Gasteiger partial charge in [0, 0.05) is 20.1 Å². The van der Waals surface area contributed by atoms with Gasteiger partial charge < -0.3 is 24.3 Å². The van der Waals surface area contributed by atoms with E-state index in [1.807, 2.05) is 0 Å². The van der Waals surface area contributed by atoms with Gasteiger partial charge in [0.25, 0.3) is 0 Å². The summed E-state index contributed by atoms with van der Waals surface area (Å²) in [5.74, 6) is 1.44. The number of hydrogen-bond acceptors (Lipinski definition) is 5. The molecule has 1 aromatic rings. The Hall–Kier alpha value is -2.08. The molecular weight excluding hydrogens is 418 g/mol. The summed E-state index contributed by atoms with van der Waals surface area (Å²) in [6.45, 7) is 17.5. The van der Waals surface area contributed by atoms with Crippen LogP contribution < -0.4 is 10.1 Å². The van der Waals surface area contributed by atoms with E-state index < -0.39 is 17.7 Å². The molecule has 0 aromatic heterocycles. The summed E-state index contributed by atoms with van der Waals surface area (Å²) in [5, 5.41) is 2.71. The monoisotopic (exact) mass is 463 g/mol. The summed E-state index contributed by atoms with van der Waals surface area (Å²) in [6, 6.07) is 5.83. The molecule has 0 saturated heterocycles. The molecule has 2 unspecified atom stereocenters. The Labute approximate surface area is 200 Å². The SMILES string of the molecule is COCCCOc1cc(CC(CC(C=O)NC(=O)OC(C)(C)C)C(C)C)ccc1C(C)(C)C. The first-order valence-corrected chi connectivity index (χ1v) is 12.0. The molecule has 0 aliphatic carbocycles. The molecule has 0 aliphatic rings. The highest BCUT2D eigenvalue weighted by Crippen LogP contribution is 2.34. The van der Waals surface area contributed by atoms with Gasteiger partial charge in [0.2, 0.25) is 0 Å². The normalized spacial score (nSPS) is 14.0. The van der Waals surface area contributed by atoms with Crippen molar-refractivity contribution in [1.82, 2.24) is 5.32 Å². The minimum atomic E-state index is -0.608. The van der Waals surface area contributed by atoms with E-state index in [-0.39, 0.29) is 11.3 Å². The van der Waals surface area contributed by atoms with Crippen molar-refractivity contribution < 1.29 is 23.8 Å². The maximum atomic E-state index is 12.1. The number of rotatable bonds is 12. The van der Waals surface area contributed by atoms with Crippen LogP contribution in [0.1, 0.15) is 79.4 Å². The Bertz CT molecular complexity index is 746. The van der Waals surface area contributed by atoms with E-state index in [0.29, 0.717) is 25.6 Å². The summed E-state index contributed by atoms with van der Waals surface area (Å²) in [7, 11) is 1.69. The van der Waals surface area contributed by atoms with E-state index >= 15 is 0 Å². The number of carbonyl (C=O) groups excluding carboxylic acids is 2. The number of amides is 1. The van der Waals surface area contributed by atoms with E-state index in [1.54, 1.807) is 27.9 Å². The largest absolute Gasteiger partial charge is 0.493 e. The minimum absolute atomic E-state index is 0.0352. The van der Waals surface area contributed by atoms with Gasteiger partial charge in [-0.3, -0.25) is 0 Å². The summed E-state index contributed by atoms with van der Waals surface area (Å²) in [5.41, 5.74) is 1.68. The number of nitrogens with one attached hydrogen (secondary N) is 1. The van der Waals surface area contributed by atoms with Crippen molar-refractivity contribution in [3.63, 3.8) is 0 Å². The zero-order chi connectivity index (χ0) is 25.2. The van der Waals surface area contributed by atoms with Crippen molar-refractivity contribution >= 4 is 12.4 Å². The predicted octanol–water partition coefficient (Wildman–Crippen LogP) is 5.70. The van der Waals surface area contributed by atoms with Crippen molar-refractivity contribution in [2.75, 3.05) is 20.3 Å². The fraction of sp³-hybridized carbons (Fsp3) is 0.704. The molecule has 0 saturated carbocycles. The van der Waals surface area contributed by atoms with Gasteiger partial charge in [-0.05, 0) is 68.1 Å². The lowest BCUT2D eigenvalue weighted by molar-refractivity contribution is -0.110. The molecule has 0 spiro atoms. The van der Waals surface area contributed by atoms with E-state index in [4.69, 9.17) is 14.2 Å². The Morgan fingerprint density at radius 1 is 1.09 bits per heavy atom. The first-order valence-electron chi connectivity index (χ1n) is 12.0. The second-order valence-corrected chi connectivity index (χ2v) is 11.1. The Morgan fingerprint density at radius 2 is 1.76 bits per heavy atom. The van der Waals surface area contributed by atoms with Gasteiger partial charge in [-0.1, -0.05) is 46.8 Å². The molecule has 0 bridgehead atoms. The molecule has 0 fully saturated rings. The molecule has 188 valence electrons.